The number of hydrogen-bond donors (Lipinski definition) is 2. The van der Waals surface area contributed by atoms with Crippen molar-refractivity contribution in [3.8, 4) is 11.4 Å². The van der Waals surface area contributed by atoms with Crippen LogP contribution in [-0.4, -0.2) is 46.6 Å². The number of methoxy groups -OCH3 is 1. The zero-order chi connectivity index (χ0) is 28.6. The summed E-state index contributed by atoms with van der Waals surface area (Å²) in [4.78, 5) is 11.1. The van der Waals surface area contributed by atoms with Gasteiger partial charge in [-0.15, -0.1) is 0 Å². The van der Waals surface area contributed by atoms with Crippen LogP contribution in [0.1, 0.15) is 37.0 Å². The number of aryl methyl sites for hydroxylation is 1. The SMILES string of the molecule is COc1ccc(F)cc1C(C)(C)C[C@@](O)(CNc1cc(C)cc2c1cnn2-c1cccc([C]=O)c1)C(F)(F)F. The quantitative estimate of drug-likeness (QED) is 0.253. The number of rotatable bonds is 9. The van der Waals surface area contributed by atoms with Gasteiger partial charge in [0.15, 0.2) is 5.60 Å². The molecule has 6 nitrogen and oxygen atoms in total. The van der Waals surface area contributed by atoms with Crippen molar-refractivity contribution in [2.45, 2.75) is 44.4 Å². The lowest BCUT2D eigenvalue weighted by Gasteiger charge is -2.38. The lowest BCUT2D eigenvalue weighted by molar-refractivity contribution is -0.260. The van der Waals surface area contributed by atoms with Gasteiger partial charge in [-0.2, -0.15) is 18.3 Å². The fraction of sp³-hybridized carbons (Fsp3) is 0.310. The van der Waals surface area contributed by atoms with E-state index in [0.29, 0.717) is 27.8 Å². The number of aromatic nitrogens is 2. The third kappa shape index (κ3) is 5.61. The number of benzene rings is 3. The van der Waals surface area contributed by atoms with Crippen molar-refractivity contribution < 1.29 is 32.2 Å². The van der Waals surface area contributed by atoms with E-state index in [-0.39, 0.29) is 11.3 Å². The van der Waals surface area contributed by atoms with Crippen molar-refractivity contribution in [3.63, 3.8) is 0 Å². The summed E-state index contributed by atoms with van der Waals surface area (Å²) < 4.78 is 63.9. The molecule has 0 fully saturated rings. The van der Waals surface area contributed by atoms with Crippen LogP contribution >= 0.6 is 0 Å². The van der Waals surface area contributed by atoms with E-state index in [2.05, 4.69) is 10.4 Å². The Bertz CT molecular complexity index is 1510. The Labute approximate surface area is 223 Å². The van der Waals surface area contributed by atoms with E-state index in [1.54, 1.807) is 41.9 Å². The minimum absolute atomic E-state index is 0.210. The zero-order valence-corrected chi connectivity index (χ0v) is 21.9. The lowest BCUT2D eigenvalue weighted by Crippen LogP contribution is -2.53. The van der Waals surface area contributed by atoms with Crippen LogP contribution in [-0.2, 0) is 10.2 Å². The molecule has 1 heterocycles. The van der Waals surface area contributed by atoms with E-state index in [1.165, 1.54) is 33.2 Å². The Balaban J connectivity index is 1.69. The highest BCUT2D eigenvalue weighted by Crippen LogP contribution is 2.44. The first-order chi connectivity index (χ1) is 18.3. The Kier molecular flexibility index (Phi) is 7.44. The molecule has 1 radical (unpaired) electrons. The number of alkyl halides is 3. The van der Waals surface area contributed by atoms with E-state index >= 15 is 0 Å². The molecule has 0 aliphatic heterocycles. The van der Waals surface area contributed by atoms with Gasteiger partial charge in [0.05, 0.1) is 31.1 Å². The van der Waals surface area contributed by atoms with Gasteiger partial charge in [0.25, 0.3) is 0 Å². The van der Waals surface area contributed by atoms with E-state index in [1.807, 2.05) is 12.4 Å². The summed E-state index contributed by atoms with van der Waals surface area (Å²) >= 11 is 0. The molecule has 10 heteroatoms. The maximum Gasteiger partial charge on any atom is 0.418 e. The molecule has 0 amide bonds. The van der Waals surface area contributed by atoms with E-state index in [0.717, 1.165) is 17.7 Å². The van der Waals surface area contributed by atoms with E-state index < -0.39 is 36.0 Å². The van der Waals surface area contributed by atoms with E-state index in [4.69, 9.17) is 4.74 Å². The highest BCUT2D eigenvalue weighted by Gasteiger charge is 2.56. The van der Waals surface area contributed by atoms with Gasteiger partial charge < -0.3 is 15.2 Å². The molecule has 39 heavy (non-hydrogen) atoms. The van der Waals surface area contributed by atoms with Crippen LogP contribution in [0.4, 0.5) is 23.2 Å². The molecule has 3 aromatic carbocycles. The molecule has 2 N–H and O–H groups in total. The number of halogens is 4. The second-order valence-electron chi connectivity index (χ2n) is 10.2. The summed E-state index contributed by atoms with van der Waals surface area (Å²) in [6.07, 6.45) is -2.44. The third-order valence-corrected chi connectivity index (χ3v) is 6.77. The number of fused-ring (bicyclic) bond motifs is 1. The maximum absolute atomic E-state index is 14.4. The highest BCUT2D eigenvalue weighted by atomic mass is 19.4. The maximum atomic E-state index is 14.4. The number of nitrogens with zero attached hydrogens (tertiary/aromatic N) is 2. The molecule has 0 saturated heterocycles. The summed E-state index contributed by atoms with van der Waals surface area (Å²) in [5.41, 5.74) is -1.68. The molecule has 0 spiro atoms. The van der Waals surface area contributed by atoms with Crippen LogP contribution in [0.5, 0.6) is 5.75 Å². The normalized spacial score (nSPS) is 13.8. The molecule has 0 unspecified atom stereocenters. The molecule has 205 valence electrons. The lowest BCUT2D eigenvalue weighted by atomic mass is 9.74. The number of anilines is 1. The van der Waals surface area contributed by atoms with Gasteiger partial charge >= 0.3 is 6.18 Å². The summed E-state index contributed by atoms with van der Waals surface area (Å²) in [6, 6.07) is 13.7. The monoisotopic (exact) mass is 542 g/mol. The Morgan fingerprint density at radius 3 is 2.51 bits per heavy atom. The van der Waals surface area contributed by atoms with Crippen LogP contribution in [0.2, 0.25) is 0 Å². The number of nitrogens with one attached hydrogen (secondary N) is 1. The van der Waals surface area contributed by atoms with Gasteiger partial charge in [0.1, 0.15) is 11.6 Å². The van der Waals surface area contributed by atoms with Gasteiger partial charge in [-0.3, -0.25) is 4.79 Å². The van der Waals surface area contributed by atoms with Crippen LogP contribution < -0.4 is 10.1 Å². The van der Waals surface area contributed by atoms with Gasteiger partial charge in [-0.05, 0) is 66.8 Å². The van der Waals surface area contributed by atoms with Gasteiger partial charge in [0, 0.05) is 22.2 Å². The minimum Gasteiger partial charge on any atom is -0.496 e. The predicted octanol–water partition coefficient (Wildman–Crippen LogP) is 6.01. The molecular weight excluding hydrogens is 514 g/mol. The van der Waals surface area contributed by atoms with Crippen molar-refractivity contribution in [2.24, 2.45) is 0 Å². The molecule has 1 aromatic heterocycles. The van der Waals surface area contributed by atoms with Crippen LogP contribution in [0.3, 0.4) is 0 Å². The molecule has 4 aromatic rings. The molecule has 0 bridgehead atoms. The number of hydrogen-bond acceptors (Lipinski definition) is 5. The number of ether oxygens (including phenoxy) is 1. The first-order valence-electron chi connectivity index (χ1n) is 12.1. The Hall–Kier alpha value is -3.92. The first-order valence-corrected chi connectivity index (χ1v) is 12.1. The summed E-state index contributed by atoms with van der Waals surface area (Å²) in [7, 11) is 1.35. The molecule has 0 saturated carbocycles. The third-order valence-electron chi connectivity index (χ3n) is 6.77. The summed E-state index contributed by atoms with van der Waals surface area (Å²) in [5.74, 6) is -0.397. The van der Waals surface area contributed by atoms with Crippen molar-refractivity contribution >= 4 is 22.9 Å². The summed E-state index contributed by atoms with van der Waals surface area (Å²) in [6.45, 7) is 3.92. The molecular formula is C29H28F4N3O3. The summed E-state index contributed by atoms with van der Waals surface area (Å²) in [5, 5.41) is 18.7. The van der Waals surface area contributed by atoms with Gasteiger partial charge in [0.2, 0.25) is 6.29 Å². The van der Waals surface area contributed by atoms with Crippen LogP contribution in [0, 0.1) is 12.7 Å². The van der Waals surface area contributed by atoms with Gasteiger partial charge in [-0.1, -0.05) is 26.0 Å². The average molecular weight is 543 g/mol. The van der Waals surface area contributed by atoms with Crippen molar-refractivity contribution in [2.75, 3.05) is 19.0 Å². The first kappa shape index (κ1) is 28.1. The predicted molar refractivity (Wildman–Crippen MR) is 141 cm³/mol. The molecule has 4 rings (SSSR count). The molecule has 0 aliphatic rings. The Morgan fingerprint density at radius 1 is 1.10 bits per heavy atom. The largest absolute Gasteiger partial charge is 0.496 e. The highest BCUT2D eigenvalue weighted by molar-refractivity contribution is 5.93. The average Bonchev–Trinajstić information content (AvgIpc) is 3.30. The number of aliphatic hydroxyl groups is 1. The minimum atomic E-state index is -5.00. The fourth-order valence-electron chi connectivity index (χ4n) is 4.86. The van der Waals surface area contributed by atoms with Gasteiger partial charge in [-0.25, -0.2) is 9.07 Å². The second-order valence-corrected chi connectivity index (χ2v) is 10.2. The zero-order valence-electron chi connectivity index (χ0n) is 21.9. The number of carbonyl (C=O) groups excluding carboxylic acids is 1. The topological polar surface area (TPSA) is 76.4 Å². The van der Waals surface area contributed by atoms with Crippen molar-refractivity contribution in [3.05, 3.63) is 83.3 Å². The van der Waals surface area contributed by atoms with E-state index in [9.17, 15) is 27.5 Å². The standard InChI is InChI=1S/C29H28F4N3O3/c1-18-10-24(22-14-35-36(25(22)11-18)21-7-5-6-19(12-21)15-37)34-17-28(38,29(31,32)33)16-27(2,3)23-13-20(30)8-9-26(23)39-4/h5-14,34,38H,16-17H2,1-4H3/t28-/m1/s1. The smallest absolute Gasteiger partial charge is 0.418 e. The van der Waals surface area contributed by atoms with Crippen molar-refractivity contribution in [1.29, 1.82) is 0 Å². The Morgan fingerprint density at radius 2 is 1.85 bits per heavy atom. The molecule has 1 atom stereocenters. The fourth-order valence-corrected chi connectivity index (χ4v) is 4.86. The van der Waals surface area contributed by atoms with Crippen molar-refractivity contribution in [1.82, 2.24) is 9.78 Å². The van der Waals surface area contributed by atoms with Crippen LogP contribution in [0.25, 0.3) is 16.6 Å². The second kappa shape index (κ2) is 10.3. The van der Waals surface area contributed by atoms with Crippen LogP contribution in [0.15, 0.2) is 60.8 Å². The molecule has 0 aliphatic carbocycles.